The zero-order valence-corrected chi connectivity index (χ0v) is 12.0. The van der Waals surface area contributed by atoms with Gasteiger partial charge in [0.1, 0.15) is 0 Å². The predicted octanol–water partition coefficient (Wildman–Crippen LogP) is 0.171. The molecule has 7 heteroatoms. The van der Waals surface area contributed by atoms with Crippen molar-refractivity contribution in [3.63, 3.8) is 0 Å². The molecule has 1 aromatic rings. The zero-order chi connectivity index (χ0) is 13.8. The summed E-state index contributed by atoms with van der Waals surface area (Å²) >= 11 is 0. The van der Waals surface area contributed by atoms with Crippen LogP contribution in [0.2, 0.25) is 0 Å². The Morgan fingerprint density at radius 2 is 1.89 bits per heavy atom. The molecule has 18 heavy (non-hydrogen) atoms. The van der Waals surface area contributed by atoms with Gasteiger partial charge in [-0.05, 0) is 24.3 Å². The summed E-state index contributed by atoms with van der Waals surface area (Å²) in [6.07, 6.45) is 1.13. The number of nitrogens with two attached hydrogens (primary N) is 1. The first-order valence-corrected chi connectivity index (χ1v) is 8.48. The van der Waals surface area contributed by atoms with E-state index < -0.39 is 20.6 Å². The number of rotatable bonds is 6. The smallest absolute Gasteiger partial charge is 0.175 e. The molecular formula is C11H17NO4S2. The molecule has 0 saturated carbocycles. The monoisotopic (exact) mass is 291 g/mol. The summed E-state index contributed by atoms with van der Waals surface area (Å²) in [7, 11) is -2.94. The fourth-order valence-corrected chi connectivity index (χ4v) is 3.14. The maximum absolute atomic E-state index is 11.9. The largest absolute Gasteiger partial charge is 0.383 e. The third kappa shape index (κ3) is 4.49. The molecule has 1 rings (SSSR count). The standard InChI is InChI=1S/C11H17NO4S2/c1-16-7-9(12)8-17(13)10-3-5-11(6-4-10)18(2,14)15/h3-6,9H,7-8,12H2,1-2H3. The quantitative estimate of drug-likeness (QED) is 0.807. The van der Waals surface area contributed by atoms with Crippen LogP contribution in [0.3, 0.4) is 0 Å². The molecule has 0 spiro atoms. The van der Waals surface area contributed by atoms with Crippen molar-refractivity contribution in [2.45, 2.75) is 15.8 Å². The van der Waals surface area contributed by atoms with E-state index in [4.69, 9.17) is 10.5 Å². The van der Waals surface area contributed by atoms with Gasteiger partial charge in [0.05, 0.1) is 22.3 Å². The van der Waals surface area contributed by atoms with Crippen molar-refractivity contribution in [2.24, 2.45) is 5.73 Å². The van der Waals surface area contributed by atoms with Crippen LogP contribution in [0.1, 0.15) is 0 Å². The molecule has 2 atom stereocenters. The van der Waals surface area contributed by atoms with Crippen molar-refractivity contribution in [2.75, 3.05) is 25.7 Å². The first kappa shape index (κ1) is 15.3. The van der Waals surface area contributed by atoms with Crippen molar-refractivity contribution in [1.82, 2.24) is 0 Å². The van der Waals surface area contributed by atoms with Crippen LogP contribution in [-0.2, 0) is 25.4 Å². The lowest BCUT2D eigenvalue weighted by molar-refractivity contribution is 0.186. The Bertz CT molecular complexity index is 510. The van der Waals surface area contributed by atoms with Crippen molar-refractivity contribution in [1.29, 1.82) is 0 Å². The van der Waals surface area contributed by atoms with E-state index in [1.54, 1.807) is 12.1 Å². The summed E-state index contributed by atoms with van der Waals surface area (Å²) in [6, 6.07) is 5.69. The second kappa shape index (κ2) is 6.42. The first-order valence-electron chi connectivity index (χ1n) is 5.27. The Morgan fingerprint density at radius 1 is 1.33 bits per heavy atom. The van der Waals surface area contributed by atoms with Crippen LogP contribution in [0.5, 0.6) is 0 Å². The van der Waals surface area contributed by atoms with Gasteiger partial charge in [0.25, 0.3) is 0 Å². The van der Waals surface area contributed by atoms with E-state index in [2.05, 4.69) is 0 Å². The fourth-order valence-electron chi connectivity index (χ4n) is 1.39. The number of sulfone groups is 1. The summed E-state index contributed by atoms with van der Waals surface area (Å²) in [5.74, 6) is 0.284. The van der Waals surface area contributed by atoms with Gasteiger partial charge >= 0.3 is 0 Å². The van der Waals surface area contributed by atoms with Gasteiger partial charge in [0.15, 0.2) is 9.84 Å². The van der Waals surface area contributed by atoms with Crippen LogP contribution >= 0.6 is 0 Å². The van der Waals surface area contributed by atoms with Crippen LogP contribution in [0, 0.1) is 0 Å². The molecule has 5 nitrogen and oxygen atoms in total. The average Bonchev–Trinajstić information content (AvgIpc) is 2.28. The normalized spacial score (nSPS) is 15.3. The van der Waals surface area contributed by atoms with Gasteiger partial charge in [-0.3, -0.25) is 4.21 Å². The second-order valence-electron chi connectivity index (χ2n) is 3.97. The molecule has 0 saturated heterocycles. The minimum Gasteiger partial charge on any atom is -0.383 e. The minimum atomic E-state index is -3.22. The molecule has 2 N–H and O–H groups in total. The maximum Gasteiger partial charge on any atom is 0.175 e. The fraction of sp³-hybridized carbons (Fsp3) is 0.455. The number of benzene rings is 1. The van der Waals surface area contributed by atoms with Crippen molar-refractivity contribution in [3.05, 3.63) is 24.3 Å². The molecule has 0 amide bonds. The van der Waals surface area contributed by atoms with Gasteiger partial charge < -0.3 is 10.5 Å². The molecule has 0 radical (unpaired) electrons. The van der Waals surface area contributed by atoms with E-state index in [1.807, 2.05) is 0 Å². The molecule has 0 bridgehead atoms. The van der Waals surface area contributed by atoms with Crippen LogP contribution in [-0.4, -0.2) is 44.4 Å². The summed E-state index contributed by atoms with van der Waals surface area (Å²) < 4.78 is 39.3. The highest BCUT2D eigenvalue weighted by Crippen LogP contribution is 2.13. The highest BCUT2D eigenvalue weighted by atomic mass is 32.2. The molecule has 0 aromatic heterocycles. The van der Waals surface area contributed by atoms with Gasteiger partial charge in [-0.1, -0.05) is 0 Å². The van der Waals surface area contributed by atoms with E-state index >= 15 is 0 Å². The number of hydrogen-bond donors (Lipinski definition) is 1. The third-order valence-corrected chi connectivity index (χ3v) is 4.92. The molecule has 102 valence electrons. The summed E-state index contributed by atoms with van der Waals surface area (Å²) in [5, 5.41) is 0. The summed E-state index contributed by atoms with van der Waals surface area (Å²) in [6.45, 7) is 0.340. The highest BCUT2D eigenvalue weighted by Gasteiger charge is 2.12. The van der Waals surface area contributed by atoms with Gasteiger partial charge in [-0.25, -0.2) is 8.42 Å². The van der Waals surface area contributed by atoms with Crippen molar-refractivity contribution < 1.29 is 17.4 Å². The zero-order valence-electron chi connectivity index (χ0n) is 10.3. The van der Waals surface area contributed by atoms with Crippen LogP contribution in [0.25, 0.3) is 0 Å². The molecular weight excluding hydrogens is 274 g/mol. The first-order chi connectivity index (χ1) is 8.34. The summed E-state index contributed by atoms with van der Waals surface area (Å²) in [4.78, 5) is 0.776. The number of methoxy groups -OCH3 is 1. The predicted molar refractivity (Wildman–Crippen MR) is 70.7 cm³/mol. The number of ether oxygens (including phenoxy) is 1. The summed E-state index contributed by atoms with van der Waals surface area (Å²) in [5.41, 5.74) is 5.71. The Morgan fingerprint density at radius 3 is 2.33 bits per heavy atom. The number of hydrogen-bond acceptors (Lipinski definition) is 5. The maximum atomic E-state index is 11.9. The Labute approximate surface area is 110 Å². The Balaban J connectivity index is 2.77. The Kier molecular flexibility index (Phi) is 5.46. The lowest BCUT2D eigenvalue weighted by Crippen LogP contribution is -2.31. The molecule has 0 aliphatic rings. The SMILES string of the molecule is COCC(N)CS(=O)c1ccc(S(C)(=O)=O)cc1. The molecule has 1 aromatic carbocycles. The average molecular weight is 291 g/mol. The van der Waals surface area contributed by atoms with Gasteiger partial charge in [0, 0.05) is 30.1 Å². The Hall–Kier alpha value is -0.760. The van der Waals surface area contributed by atoms with E-state index in [9.17, 15) is 12.6 Å². The van der Waals surface area contributed by atoms with Crippen LogP contribution in [0.4, 0.5) is 0 Å². The van der Waals surface area contributed by atoms with Crippen LogP contribution < -0.4 is 5.73 Å². The van der Waals surface area contributed by atoms with Crippen LogP contribution in [0.15, 0.2) is 34.1 Å². The lowest BCUT2D eigenvalue weighted by Gasteiger charge is -2.10. The van der Waals surface area contributed by atoms with E-state index in [-0.39, 0.29) is 16.7 Å². The minimum absolute atomic E-state index is 0.212. The molecule has 0 aliphatic carbocycles. The molecule has 0 aliphatic heterocycles. The molecule has 0 heterocycles. The van der Waals surface area contributed by atoms with E-state index in [0.29, 0.717) is 11.5 Å². The molecule has 2 unspecified atom stereocenters. The van der Waals surface area contributed by atoms with E-state index in [1.165, 1.54) is 19.2 Å². The van der Waals surface area contributed by atoms with E-state index in [0.717, 1.165) is 6.26 Å². The second-order valence-corrected chi connectivity index (χ2v) is 7.48. The third-order valence-electron chi connectivity index (χ3n) is 2.26. The van der Waals surface area contributed by atoms with Crippen molar-refractivity contribution >= 4 is 20.6 Å². The lowest BCUT2D eigenvalue weighted by atomic mass is 10.4. The topological polar surface area (TPSA) is 86.5 Å². The molecule has 0 fully saturated rings. The van der Waals surface area contributed by atoms with Gasteiger partial charge in [0.2, 0.25) is 0 Å². The van der Waals surface area contributed by atoms with Crippen molar-refractivity contribution in [3.8, 4) is 0 Å². The van der Waals surface area contributed by atoms with Gasteiger partial charge in [-0.2, -0.15) is 0 Å². The van der Waals surface area contributed by atoms with Gasteiger partial charge in [-0.15, -0.1) is 0 Å². The highest BCUT2D eigenvalue weighted by molar-refractivity contribution is 7.90.